The first-order valence-corrected chi connectivity index (χ1v) is 8.12. The van der Waals surface area contributed by atoms with Crippen molar-refractivity contribution in [3.63, 3.8) is 0 Å². The van der Waals surface area contributed by atoms with Crippen LogP contribution >= 0.6 is 27.3 Å². The molecule has 1 aliphatic rings. The average molecular weight is 317 g/mol. The molecule has 2 nitrogen and oxygen atoms in total. The van der Waals surface area contributed by atoms with Crippen LogP contribution in [0.5, 0.6) is 0 Å². The summed E-state index contributed by atoms with van der Waals surface area (Å²) in [6.07, 6.45) is 6.90. The van der Waals surface area contributed by atoms with Gasteiger partial charge in [0, 0.05) is 11.9 Å². The fraction of sp³-hybridized carbons (Fsp3) is 0.769. The molecule has 0 aromatic carbocycles. The molecule has 1 heterocycles. The molecule has 0 aliphatic heterocycles. The van der Waals surface area contributed by atoms with Gasteiger partial charge in [-0.1, -0.05) is 26.7 Å². The van der Waals surface area contributed by atoms with Crippen molar-refractivity contribution in [3.8, 4) is 0 Å². The molecular formula is C13H21BrN2S. The highest BCUT2D eigenvalue weighted by Crippen LogP contribution is 2.43. The Morgan fingerprint density at radius 1 is 1.47 bits per heavy atom. The maximum atomic E-state index is 4.41. The monoisotopic (exact) mass is 316 g/mol. The second kappa shape index (κ2) is 5.70. The molecule has 1 aromatic rings. The number of thiazole rings is 1. The van der Waals surface area contributed by atoms with Crippen molar-refractivity contribution in [2.45, 2.75) is 46.0 Å². The minimum absolute atomic E-state index is 0.520. The maximum absolute atomic E-state index is 4.41. The van der Waals surface area contributed by atoms with E-state index in [-0.39, 0.29) is 0 Å². The van der Waals surface area contributed by atoms with E-state index in [1.165, 1.54) is 32.1 Å². The van der Waals surface area contributed by atoms with Crippen molar-refractivity contribution in [1.29, 1.82) is 0 Å². The minimum Gasteiger partial charge on any atom is -0.361 e. The van der Waals surface area contributed by atoms with E-state index in [9.17, 15) is 0 Å². The summed E-state index contributed by atoms with van der Waals surface area (Å²) in [7, 11) is 0. The first-order chi connectivity index (χ1) is 8.10. The maximum Gasteiger partial charge on any atom is 0.183 e. The molecule has 0 saturated heterocycles. The van der Waals surface area contributed by atoms with E-state index in [0.29, 0.717) is 5.41 Å². The zero-order chi connectivity index (χ0) is 12.3. The Labute approximate surface area is 116 Å². The second-order valence-corrected chi connectivity index (χ2v) is 7.30. The van der Waals surface area contributed by atoms with Gasteiger partial charge in [0.15, 0.2) is 5.13 Å². The zero-order valence-electron chi connectivity index (χ0n) is 10.6. The van der Waals surface area contributed by atoms with Crippen molar-refractivity contribution in [2.75, 3.05) is 11.9 Å². The standard InChI is InChI=1S/C13H21BrN2S/c1-10(2)7-13(5-3-4-6-13)9-15-12-16-11(14)8-17-12/h8,10H,3-7,9H2,1-2H3,(H,15,16). The van der Waals surface area contributed by atoms with Crippen LogP contribution in [-0.4, -0.2) is 11.5 Å². The van der Waals surface area contributed by atoms with E-state index in [2.05, 4.69) is 40.1 Å². The lowest BCUT2D eigenvalue weighted by molar-refractivity contribution is 0.252. The molecule has 1 fully saturated rings. The Kier molecular flexibility index (Phi) is 4.47. The molecule has 2 rings (SSSR count). The summed E-state index contributed by atoms with van der Waals surface area (Å²) in [6, 6.07) is 0. The summed E-state index contributed by atoms with van der Waals surface area (Å²) < 4.78 is 0.939. The van der Waals surface area contributed by atoms with Crippen LogP contribution in [0.3, 0.4) is 0 Å². The smallest absolute Gasteiger partial charge is 0.183 e. The molecule has 0 radical (unpaired) electrons. The highest BCUT2D eigenvalue weighted by molar-refractivity contribution is 9.10. The van der Waals surface area contributed by atoms with Crippen LogP contribution in [0.15, 0.2) is 9.98 Å². The Morgan fingerprint density at radius 2 is 2.18 bits per heavy atom. The topological polar surface area (TPSA) is 24.9 Å². The van der Waals surface area contributed by atoms with Crippen LogP contribution in [0.4, 0.5) is 5.13 Å². The minimum atomic E-state index is 0.520. The molecule has 0 spiro atoms. The molecule has 96 valence electrons. The molecule has 4 heteroatoms. The molecule has 1 N–H and O–H groups in total. The number of halogens is 1. The number of hydrogen-bond acceptors (Lipinski definition) is 3. The predicted octanol–water partition coefficient (Wildman–Crippen LogP) is 4.92. The molecular weight excluding hydrogens is 296 g/mol. The van der Waals surface area contributed by atoms with Crippen LogP contribution in [0.1, 0.15) is 46.0 Å². The Balaban J connectivity index is 1.94. The lowest BCUT2D eigenvalue weighted by atomic mass is 9.78. The average Bonchev–Trinajstić information content (AvgIpc) is 2.85. The van der Waals surface area contributed by atoms with Crippen LogP contribution in [-0.2, 0) is 0 Å². The summed E-state index contributed by atoms with van der Waals surface area (Å²) in [5, 5.41) is 6.61. The van der Waals surface area contributed by atoms with Gasteiger partial charge in [0.05, 0.1) is 0 Å². The van der Waals surface area contributed by atoms with Gasteiger partial charge in [-0.25, -0.2) is 4.98 Å². The zero-order valence-corrected chi connectivity index (χ0v) is 13.0. The van der Waals surface area contributed by atoms with Crippen molar-refractivity contribution in [3.05, 3.63) is 9.98 Å². The predicted molar refractivity (Wildman–Crippen MR) is 78.7 cm³/mol. The van der Waals surface area contributed by atoms with E-state index in [1.807, 2.05) is 5.38 Å². The number of aromatic nitrogens is 1. The Morgan fingerprint density at radius 3 is 2.71 bits per heavy atom. The largest absolute Gasteiger partial charge is 0.361 e. The van der Waals surface area contributed by atoms with Gasteiger partial charge in [-0.05, 0) is 46.5 Å². The van der Waals surface area contributed by atoms with Crippen LogP contribution in [0.2, 0.25) is 0 Å². The molecule has 0 unspecified atom stereocenters. The van der Waals surface area contributed by atoms with Gasteiger partial charge in [0.1, 0.15) is 4.60 Å². The first kappa shape index (κ1) is 13.3. The lowest BCUT2D eigenvalue weighted by Gasteiger charge is -2.31. The summed E-state index contributed by atoms with van der Waals surface area (Å²) in [5.41, 5.74) is 0.520. The summed E-state index contributed by atoms with van der Waals surface area (Å²) in [4.78, 5) is 4.41. The number of rotatable bonds is 5. The highest BCUT2D eigenvalue weighted by atomic mass is 79.9. The molecule has 0 atom stereocenters. The van der Waals surface area contributed by atoms with Gasteiger partial charge in [0.2, 0.25) is 0 Å². The third kappa shape index (κ3) is 3.68. The Hall–Kier alpha value is -0.0900. The number of hydrogen-bond donors (Lipinski definition) is 1. The quantitative estimate of drug-likeness (QED) is 0.833. The van der Waals surface area contributed by atoms with Gasteiger partial charge in [-0.2, -0.15) is 0 Å². The van der Waals surface area contributed by atoms with Gasteiger partial charge < -0.3 is 5.32 Å². The fourth-order valence-corrected chi connectivity index (χ4v) is 4.19. The SMILES string of the molecule is CC(C)CC1(CNc2nc(Br)cs2)CCCC1. The van der Waals surface area contributed by atoms with Crippen LogP contribution in [0, 0.1) is 11.3 Å². The van der Waals surface area contributed by atoms with Gasteiger partial charge >= 0.3 is 0 Å². The first-order valence-electron chi connectivity index (χ1n) is 6.45. The highest BCUT2D eigenvalue weighted by Gasteiger charge is 2.34. The number of anilines is 1. The Bertz CT molecular complexity index is 356. The van der Waals surface area contributed by atoms with Crippen LogP contribution < -0.4 is 5.32 Å². The molecule has 0 amide bonds. The van der Waals surface area contributed by atoms with Gasteiger partial charge in [0.25, 0.3) is 0 Å². The molecule has 0 bridgehead atoms. The molecule has 1 aromatic heterocycles. The molecule has 1 saturated carbocycles. The lowest BCUT2D eigenvalue weighted by Crippen LogP contribution is -2.28. The number of nitrogens with one attached hydrogen (secondary N) is 1. The van der Waals surface area contributed by atoms with E-state index < -0.39 is 0 Å². The normalized spacial score (nSPS) is 18.8. The van der Waals surface area contributed by atoms with Crippen molar-refractivity contribution >= 4 is 32.4 Å². The van der Waals surface area contributed by atoms with Gasteiger partial charge in [-0.3, -0.25) is 0 Å². The molecule has 17 heavy (non-hydrogen) atoms. The third-order valence-electron chi connectivity index (χ3n) is 3.60. The van der Waals surface area contributed by atoms with Crippen LogP contribution in [0.25, 0.3) is 0 Å². The van der Waals surface area contributed by atoms with Crippen molar-refractivity contribution in [2.24, 2.45) is 11.3 Å². The summed E-state index contributed by atoms with van der Waals surface area (Å²) in [6.45, 7) is 5.76. The van der Waals surface area contributed by atoms with Crippen molar-refractivity contribution < 1.29 is 0 Å². The van der Waals surface area contributed by atoms with E-state index in [1.54, 1.807) is 11.3 Å². The summed E-state index contributed by atoms with van der Waals surface area (Å²) >= 11 is 5.08. The molecule has 1 aliphatic carbocycles. The van der Waals surface area contributed by atoms with E-state index in [4.69, 9.17) is 0 Å². The fourth-order valence-electron chi connectivity index (χ4n) is 3.04. The van der Waals surface area contributed by atoms with E-state index in [0.717, 1.165) is 22.2 Å². The third-order valence-corrected chi connectivity index (χ3v) is 5.11. The van der Waals surface area contributed by atoms with Crippen molar-refractivity contribution in [1.82, 2.24) is 4.98 Å². The summed E-state index contributed by atoms with van der Waals surface area (Å²) in [5.74, 6) is 0.790. The number of nitrogens with zero attached hydrogens (tertiary/aromatic N) is 1. The van der Waals surface area contributed by atoms with Gasteiger partial charge in [-0.15, -0.1) is 11.3 Å². The van der Waals surface area contributed by atoms with E-state index >= 15 is 0 Å². The second-order valence-electron chi connectivity index (χ2n) is 5.63.